The van der Waals surface area contributed by atoms with Crippen LogP contribution in [-0.4, -0.2) is 84.5 Å². The lowest BCUT2D eigenvalue weighted by Gasteiger charge is -2.37. The molecule has 4 aliphatic rings. The van der Waals surface area contributed by atoms with Gasteiger partial charge in [-0.15, -0.1) is 11.8 Å². The second-order valence-corrected chi connectivity index (χ2v) is 17.8. The van der Waals surface area contributed by atoms with Crippen molar-refractivity contribution in [2.24, 2.45) is 0 Å². The van der Waals surface area contributed by atoms with Crippen molar-refractivity contribution in [3.05, 3.63) is 99.4 Å². The number of benzene rings is 1. The van der Waals surface area contributed by atoms with E-state index in [0.29, 0.717) is 57.4 Å². The maximum atomic E-state index is 9.98. The van der Waals surface area contributed by atoms with Gasteiger partial charge in [-0.2, -0.15) is 10.5 Å². The van der Waals surface area contributed by atoms with Crippen LogP contribution in [0.3, 0.4) is 0 Å². The highest BCUT2D eigenvalue weighted by Gasteiger charge is 2.35. The summed E-state index contributed by atoms with van der Waals surface area (Å²) < 4.78 is 23.2. The predicted molar refractivity (Wildman–Crippen MR) is 224 cm³/mol. The van der Waals surface area contributed by atoms with E-state index in [-0.39, 0.29) is 11.2 Å². The van der Waals surface area contributed by atoms with E-state index >= 15 is 0 Å². The number of morpholine rings is 2. The molecule has 0 unspecified atom stereocenters. The van der Waals surface area contributed by atoms with Crippen molar-refractivity contribution in [3.63, 3.8) is 0 Å². The highest BCUT2D eigenvalue weighted by molar-refractivity contribution is 7.99. The van der Waals surface area contributed by atoms with Crippen LogP contribution in [0.5, 0.6) is 0 Å². The minimum atomic E-state index is -0.287. The van der Waals surface area contributed by atoms with Crippen molar-refractivity contribution in [1.29, 1.82) is 10.5 Å². The van der Waals surface area contributed by atoms with Gasteiger partial charge in [0, 0.05) is 67.9 Å². The zero-order valence-corrected chi connectivity index (χ0v) is 35.0. The Morgan fingerprint density at radius 3 is 1.67 bits per heavy atom. The quantitative estimate of drug-likeness (QED) is 0.157. The number of nitrogens with zero attached hydrogens (tertiary/aromatic N) is 7. The van der Waals surface area contributed by atoms with Gasteiger partial charge in [-0.1, -0.05) is 48.2 Å². The highest BCUT2D eigenvalue weighted by Crippen LogP contribution is 2.41. The average Bonchev–Trinajstić information content (AvgIpc) is 3.23. The molecule has 8 rings (SSSR count). The Morgan fingerprint density at radius 2 is 1.18 bits per heavy atom. The molecule has 0 spiro atoms. The van der Waals surface area contributed by atoms with Crippen molar-refractivity contribution in [1.82, 2.24) is 15.0 Å². The molecule has 4 aliphatic heterocycles. The summed E-state index contributed by atoms with van der Waals surface area (Å²) in [4.78, 5) is 18.9. The van der Waals surface area contributed by atoms with Crippen molar-refractivity contribution >= 4 is 35.2 Å². The summed E-state index contributed by atoms with van der Waals surface area (Å²) in [5.41, 5.74) is 7.47. The third kappa shape index (κ3) is 10.1. The van der Waals surface area contributed by atoms with E-state index in [1.54, 1.807) is 29.7 Å². The molecule has 298 valence electrons. The van der Waals surface area contributed by atoms with Crippen LogP contribution < -0.4 is 9.80 Å². The molecule has 0 bridgehead atoms. The molecule has 0 atom stereocenters. The zero-order valence-electron chi connectivity index (χ0n) is 33.4. The van der Waals surface area contributed by atoms with Gasteiger partial charge in [0.1, 0.15) is 33.8 Å². The lowest BCUT2D eigenvalue weighted by atomic mass is 9.89. The maximum Gasteiger partial charge on any atom is 0.135 e. The van der Waals surface area contributed by atoms with Gasteiger partial charge >= 0.3 is 0 Å². The Morgan fingerprint density at radius 1 is 0.667 bits per heavy atom. The number of hydrogen-bond acceptors (Lipinski definition) is 13. The van der Waals surface area contributed by atoms with Crippen LogP contribution in [0.25, 0.3) is 0 Å². The second kappa shape index (κ2) is 18.6. The summed E-state index contributed by atoms with van der Waals surface area (Å²) in [5.74, 6) is 3.49. The number of ether oxygens (including phenoxy) is 4. The number of thioether (sulfide) groups is 2. The van der Waals surface area contributed by atoms with E-state index in [2.05, 4.69) is 78.9 Å². The van der Waals surface area contributed by atoms with Crippen molar-refractivity contribution < 1.29 is 18.9 Å². The van der Waals surface area contributed by atoms with E-state index in [1.807, 2.05) is 24.3 Å². The van der Waals surface area contributed by atoms with Gasteiger partial charge in [0.2, 0.25) is 0 Å². The van der Waals surface area contributed by atoms with E-state index in [4.69, 9.17) is 28.9 Å². The van der Waals surface area contributed by atoms with E-state index in [1.165, 1.54) is 5.56 Å². The zero-order chi connectivity index (χ0) is 39.8. The number of pyridine rings is 3. The molecular formula is C44H51N7O4S2. The molecule has 0 saturated carbocycles. The number of rotatable bonds is 9. The van der Waals surface area contributed by atoms with E-state index in [9.17, 15) is 10.5 Å². The van der Waals surface area contributed by atoms with Crippen molar-refractivity contribution in [2.75, 3.05) is 68.2 Å². The van der Waals surface area contributed by atoms with Gasteiger partial charge in [-0.3, -0.25) is 4.98 Å². The molecule has 1 aromatic carbocycles. The van der Waals surface area contributed by atoms with E-state index in [0.717, 1.165) is 100.0 Å². The molecule has 13 heteroatoms. The first-order valence-corrected chi connectivity index (χ1v) is 21.7. The molecule has 2 saturated heterocycles. The summed E-state index contributed by atoms with van der Waals surface area (Å²) in [6, 6.07) is 21.2. The summed E-state index contributed by atoms with van der Waals surface area (Å²) in [6.07, 6.45) is 4.19. The smallest absolute Gasteiger partial charge is 0.135 e. The Labute approximate surface area is 345 Å². The van der Waals surface area contributed by atoms with Crippen LogP contribution in [0.1, 0.15) is 72.3 Å². The fourth-order valence-electron chi connectivity index (χ4n) is 7.50. The first-order valence-electron chi connectivity index (χ1n) is 19.7. The number of nitriles is 2. The normalized spacial score (nSPS) is 18.3. The van der Waals surface area contributed by atoms with Gasteiger partial charge in [-0.25, -0.2) is 9.97 Å². The number of aryl methyl sites for hydroxylation is 1. The molecule has 3 aromatic heterocycles. The van der Waals surface area contributed by atoms with Gasteiger partial charge in [0.15, 0.2) is 0 Å². The maximum absolute atomic E-state index is 9.98. The molecule has 2 fully saturated rings. The highest BCUT2D eigenvalue weighted by atomic mass is 32.2. The SMILES string of the molecule is CC1(C)Cc2c(C#N)c(SCCc3ccccc3)nc(N3CCOCC3)c2CO1.CC1(C)Cc2c(C#N)c(SCc3ccccn3)nc(N3CCOCC3)c2CO1. The van der Waals surface area contributed by atoms with Gasteiger partial charge in [-0.05, 0) is 62.9 Å². The minimum absolute atomic E-state index is 0.270. The summed E-state index contributed by atoms with van der Waals surface area (Å²) in [6.45, 7) is 15.4. The fourth-order valence-corrected chi connectivity index (χ4v) is 9.41. The number of hydrogen-bond donors (Lipinski definition) is 0. The third-order valence-electron chi connectivity index (χ3n) is 10.5. The summed E-state index contributed by atoms with van der Waals surface area (Å²) >= 11 is 3.27. The van der Waals surface area contributed by atoms with E-state index < -0.39 is 0 Å². The second-order valence-electron chi connectivity index (χ2n) is 15.7. The first kappa shape index (κ1) is 41.0. The Kier molecular flexibility index (Phi) is 13.4. The van der Waals surface area contributed by atoms with Crippen molar-refractivity contribution in [2.45, 2.75) is 87.2 Å². The Bertz CT molecular complexity index is 2090. The molecular weight excluding hydrogens is 755 g/mol. The number of aromatic nitrogens is 3. The fraction of sp³-hybridized carbons (Fsp3) is 0.477. The molecule has 0 N–H and O–H groups in total. The number of anilines is 2. The van der Waals surface area contributed by atoms with Crippen LogP contribution in [0.4, 0.5) is 11.6 Å². The van der Waals surface area contributed by atoms with Crippen LogP contribution in [-0.2, 0) is 57.2 Å². The minimum Gasteiger partial charge on any atom is -0.378 e. The monoisotopic (exact) mass is 805 g/mol. The molecule has 7 heterocycles. The van der Waals surface area contributed by atoms with Crippen LogP contribution >= 0.6 is 23.5 Å². The molecule has 4 aromatic rings. The largest absolute Gasteiger partial charge is 0.378 e. The molecule has 0 aliphatic carbocycles. The number of fused-ring (bicyclic) bond motifs is 2. The lowest BCUT2D eigenvalue weighted by molar-refractivity contribution is -0.0405. The third-order valence-corrected chi connectivity index (χ3v) is 12.5. The standard InChI is InChI=1S/C23H27N3O2S.C21H24N4O2S/c1-23(2)14-18-19(15-24)22(29-13-8-17-6-4-3-5-7-17)25-21(20(18)16-28-23)26-9-11-27-12-10-26;1-21(2)11-16-17(12-22)20(28-14-15-5-3-4-6-23-15)24-19(18(16)13-27-21)25-7-9-26-10-8-25/h3-7H,8-14,16H2,1-2H3;3-6H,7-11,13-14H2,1-2H3. The van der Waals surface area contributed by atoms with Gasteiger partial charge in [0.25, 0.3) is 0 Å². The average molecular weight is 806 g/mol. The van der Waals surface area contributed by atoms with Crippen molar-refractivity contribution in [3.8, 4) is 12.1 Å². The summed E-state index contributed by atoms with van der Waals surface area (Å²) in [5, 5.41) is 21.6. The van der Waals surface area contributed by atoms with Gasteiger partial charge in [0.05, 0.1) is 67.7 Å². The molecule has 57 heavy (non-hydrogen) atoms. The molecule has 11 nitrogen and oxygen atoms in total. The predicted octanol–water partition coefficient (Wildman–Crippen LogP) is 7.30. The molecule has 0 radical (unpaired) electrons. The first-order chi connectivity index (χ1) is 27.6. The Balaban J connectivity index is 0.000000174. The molecule has 0 amide bonds. The van der Waals surface area contributed by atoms with Crippen LogP contribution in [0.15, 0.2) is 64.8 Å². The Hall–Kier alpha value is -4.21. The van der Waals surface area contributed by atoms with Crippen LogP contribution in [0, 0.1) is 22.7 Å². The topological polar surface area (TPSA) is 130 Å². The van der Waals surface area contributed by atoms with Gasteiger partial charge < -0.3 is 28.7 Å². The van der Waals surface area contributed by atoms with Crippen LogP contribution in [0.2, 0.25) is 0 Å². The lowest BCUT2D eigenvalue weighted by Crippen LogP contribution is -2.39. The summed E-state index contributed by atoms with van der Waals surface area (Å²) in [7, 11) is 0.